The van der Waals surface area contributed by atoms with Gasteiger partial charge in [0.2, 0.25) is 0 Å². The molecule has 1 aromatic carbocycles. The van der Waals surface area contributed by atoms with Crippen molar-refractivity contribution in [1.82, 2.24) is 0 Å². The normalized spacial score (nSPS) is 12.2. The van der Waals surface area contributed by atoms with Gasteiger partial charge in [-0.25, -0.2) is 0 Å². The second-order valence-corrected chi connectivity index (χ2v) is 3.49. The van der Waals surface area contributed by atoms with Crippen molar-refractivity contribution in [2.75, 3.05) is 6.61 Å². The molecule has 14 heavy (non-hydrogen) atoms. The van der Waals surface area contributed by atoms with Crippen LogP contribution in [-0.4, -0.2) is 11.7 Å². The van der Waals surface area contributed by atoms with Gasteiger partial charge in [0.1, 0.15) is 12.4 Å². The lowest BCUT2D eigenvalue weighted by Gasteiger charge is -2.09. The van der Waals surface area contributed by atoms with Crippen molar-refractivity contribution in [2.24, 2.45) is 0 Å². The molecule has 2 heteroatoms. The van der Waals surface area contributed by atoms with E-state index in [-0.39, 0.29) is 0 Å². The van der Waals surface area contributed by atoms with E-state index in [2.05, 4.69) is 6.58 Å². The predicted molar refractivity (Wildman–Crippen MR) is 57.4 cm³/mol. The summed E-state index contributed by atoms with van der Waals surface area (Å²) in [4.78, 5) is 0. The quantitative estimate of drug-likeness (QED) is 0.743. The van der Waals surface area contributed by atoms with Crippen molar-refractivity contribution in [1.29, 1.82) is 0 Å². The van der Waals surface area contributed by atoms with Crippen LogP contribution in [0.25, 0.3) is 0 Å². The average Bonchev–Trinajstić information content (AvgIpc) is 2.15. The van der Waals surface area contributed by atoms with E-state index in [1.165, 1.54) is 0 Å². The van der Waals surface area contributed by atoms with Crippen LogP contribution in [0.4, 0.5) is 0 Å². The SMILES string of the molecule is C=C(C)COc1cccc([C@H](C)O)c1. The van der Waals surface area contributed by atoms with Crippen LogP contribution < -0.4 is 4.74 Å². The number of hydrogen-bond donors (Lipinski definition) is 1. The molecular weight excluding hydrogens is 176 g/mol. The third kappa shape index (κ3) is 3.23. The first-order valence-electron chi connectivity index (χ1n) is 4.65. The van der Waals surface area contributed by atoms with E-state index in [1.54, 1.807) is 6.92 Å². The van der Waals surface area contributed by atoms with Gasteiger partial charge >= 0.3 is 0 Å². The highest BCUT2D eigenvalue weighted by Crippen LogP contribution is 2.18. The Bertz CT molecular complexity index is 316. The van der Waals surface area contributed by atoms with Crippen molar-refractivity contribution in [3.63, 3.8) is 0 Å². The van der Waals surface area contributed by atoms with Gasteiger partial charge in [-0.2, -0.15) is 0 Å². The van der Waals surface area contributed by atoms with Crippen LogP contribution >= 0.6 is 0 Å². The van der Waals surface area contributed by atoms with E-state index >= 15 is 0 Å². The lowest BCUT2D eigenvalue weighted by Crippen LogP contribution is -1.98. The average molecular weight is 192 g/mol. The van der Waals surface area contributed by atoms with Gasteiger partial charge in [-0.3, -0.25) is 0 Å². The number of aliphatic hydroxyl groups excluding tert-OH is 1. The number of hydrogen-bond acceptors (Lipinski definition) is 2. The minimum absolute atomic E-state index is 0.455. The standard InChI is InChI=1S/C12H16O2/c1-9(2)8-14-12-6-4-5-11(7-12)10(3)13/h4-7,10,13H,1,8H2,2-3H3/t10-/m0/s1. The lowest BCUT2D eigenvalue weighted by atomic mass is 10.1. The molecule has 76 valence electrons. The largest absolute Gasteiger partial charge is 0.489 e. The molecule has 0 amide bonds. The Morgan fingerprint density at radius 1 is 1.57 bits per heavy atom. The first-order valence-corrected chi connectivity index (χ1v) is 4.65. The Morgan fingerprint density at radius 3 is 2.86 bits per heavy atom. The fraction of sp³-hybridized carbons (Fsp3) is 0.333. The van der Waals surface area contributed by atoms with Gasteiger partial charge in [0.25, 0.3) is 0 Å². The zero-order valence-electron chi connectivity index (χ0n) is 8.66. The first kappa shape index (κ1) is 10.8. The molecule has 2 nitrogen and oxygen atoms in total. The summed E-state index contributed by atoms with van der Waals surface area (Å²) < 4.78 is 5.45. The maximum Gasteiger partial charge on any atom is 0.120 e. The molecule has 1 aromatic rings. The fourth-order valence-corrected chi connectivity index (χ4v) is 1.07. The third-order valence-electron chi connectivity index (χ3n) is 1.83. The zero-order valence-corrected chi connectivity index (χ0v) is 8.66. The molecule has 0 bridgehead atoms. The number of rotatable bonds is 4. The molecule has 0 heterocycles. The highest BCUT2D eigenvalue weighted by Gasteiger charge is 2.01. The van der Waals surface area contributed by atoms with Gasteiger partial charge in [-0.1, -0.05) is 18.7 Å². The molecule has 0 unspecified atom stereocenters. The van der Waals surface area contributed by atoms with Gasteiger partial charge in [-0.15, -0.1) is 0 Å². The van der Waals surface area contributed by atoms with E-state index < -0.39 is 6.10 Å². The Labute approximate surface area is 84.8 Å². The van der Waals surface area contributed by atoms with Crippen LogP contribution in [0.5, 0.6) is 5.75 Å². The van der Waals surface area contributed by atoms with Crippen LogP contribution in [0.1, 0.15) is 25.5 Å². The topological polar surface area (TPSA) is 29.5 Å². The maximum absolute atomic E-state index is 9.35. The molecule has 0 aliphatic carbocycles. The van der Waals surface area contributed by atoms with E-state index in [0.29, 0.717) is 6.61 Å². The third-order valence-corrected chi connectivity index (χ3v) is 1.83. The van der Waals surface area contributed by atoms with Crippen LogP contribution in [0.2, 0.25) is 0 Å². The highest BCUT2D eigenvalue weighted by atomic mass is 16.5. The van der Waals surface area contributed by atoms with Gasteiger partial charge in [0.05, 0.1) is 6.10 Å². The number of benzene rings is 1. The number of ether oxygens (including phenoxy) is 1. The number of aliphatic hydroxyl groups is 1. The van der Waals surface area contributed by atoms with Crippen LogP contribution in [0.15, 0.2) is 36.4 Å². The zero-order chi connectivity index (χ0) is 10.6. The lowest BCUT2D eigenvalue weighted by molar-refractivity contribution is 0.198. The summed E-state index contributed by atoms with van der Waals surface area (Å²) in [7, 11) is 0. The molecule has 0 aromatic heterocycles. The van der Waals surface area contributed by atoms with E-state index in [0.717, 1.165) is 16.9 Å². The molecule has 0 aliphatic rings. The molecule has 1 atom stereocenters. The van der Waals surface area contributed by atoms with Crippen molar-refractivity contribution in [3.8, 4) is 5.75 Å². The summed E-state index contributed by atoms with van der Waals surface area (Å²) in [6, 6.07) is 7.45. The second kappa shape index (κ2) is 4.82. The van der Waals surface area contributed by atoms with Crippen molar-refractivity contribution in [3.05, 3.63) is 42.0 Å². The molecule has 0 spiro atoms. The molecule has 0 saturated heterocycles. The van der Waals surface area contributed by atoms with Crippen LogP contribution in [-0.2, 0) is 0 Å². The maximum atomic E-state index is 9.35. The Morgan fingerprint density at radius 2 is 2.29 bits per heavy atom. The van der Waals surface area contributed by atoms with Crippen molar-refractivity contribution < 1.29 is 9.84 Å². The summed E-state index contributed by atoms with van der Waals surface area (Å²) in [6.45, 7) is 7.92. The first-order chi connectivity index (χ1) is 6.59. The predicted octanol–water partition coefficient (Wildman–Crippen LogP) is 2.69. The smallest absolute Gasteiger partial charge is 0.120 e. The van der Waals surface area contributed by atoms with Gasteiger partial charge in [-0.05, 0) is 37.1 Å². The summed E-state index contributed by atoms with van der Waals surface area (Å²) >= 11 is 0. The monoisotopic (exact) mass is 192 g/mol. The molecular formula is C12H16O2. The molecule has 1 N–H and O–H groups in total. The Hall–Kier alpha value is -1.28. The van der Waals surface area contributed by atoms with Crippen LogP contribution in [0.3, 0.4) is 0 Å². The second-order valence-electron chi connectivity index (χ2n) is 3.49. The molecule has 1 rings (SSSR count). The minimum atomic E-state index is -0.455. The Kier molecular flexibility index (Phi) is 3.72. The summed E-state index contributed by atoms with van der Waals surface area (Å²) in [5.74, 6) is 0.770. The van der Waals surface area contributed by atoms with Gasteiger partial charge < -0.3 is 9.84 Å². The minimum Gasteiger partial charge on any atom is -0.489 e. The van der Waals surface area contributed by atoms with Gasteiger partial charge in [0.15, 0.2) is 0 Å². The van der Waals surface area contributed by atoms with Gasteiger partial charge in [0, 0.05) is 0 Å². The fourth-order valence-electron chi connectivity index (χ4n) is 1.07. The van der Waals surface area contributed by atoms with E-state index in [9.17, 15) is 5.11 Å². The van der Waals surface area contributed by atoms with Crippen molar-refractivity contribution in [2.45, 2.75) is 20.0 Å². The van der Waals surface area contributed by atoms with Crippen molar-refractivity contribution >= 4 is 0 Å². The van der Waals surface area contributed by atoms with E-state index in [1.807, 2.05) is 31.2 Å². The Balaban J connectivity index is 2.68. The summed E-state index contributed by atoms with van der Waals surface area (Å²) in [6.07, 6.45) is -0.455. The van der Waals surface area contributed by atoms with E-state index in [4.69, 9.17) is 4.74 Å². The summed E-state index contributed by atoms with van der Waals surface area (Å²) in [5.41, 5.74) is 1.84. The molecule has 0 fully saturated rings. The highest BCUT2D eigenvalue weighted by molar-refractivity contribution is 5.29. The van der Waals surface area contributed by atoms with Crippen LogP contribution in [0, 0.1) is 0 Å². The molecule has 0 saturated carbocycles. The molecule has 0 aliphatic heterocycles. The molecule has 0 radical (unpaired) electrons. The summed E-state index contributed by atoms with van der Waals surface area (Å²) in [5, 5.41) is 9.35.